The second-order valence-electron chi connectivity index (χ2n) is 5.29. The van der Waals surface area contributed by atoms with Crippen LogP contribution in [0, 0.1) is 6.92 Å². The maximum atomic E-state index is 14.0. The highest BCUT2D eigenvalue weighted by atomic mass is 19.3. The van der Waals surface area contributed by atoms with Gasteiger partial charge in [0, 0.05) is 24.4 Å². The molecule has 3 nitrogen and oxygen atoms in total. The van der Waals surface area contributed by atoms with Crippen LogP contribution in [-0.4, -0.2) is 10.5 Å². The molecule has 0 radical (unpaired) electrons. The number of nitrogens with two attached hydrogens (primary N) is 1. The zero-order valence-corrected chi connectivity index (χ0v) is 10.6. The number of nitrogens with zero attached hydrogens (tertiary/aromatic N) is 1. The Balaban J connectivity index is 2.40. The summed E-state index contributed by atoms with van der Waals surface area (Å²) in [5.74, 6) is -2.52. The largest absolute Gasteiger partial charge is 0.441 e. The van der Waals surface area contributed by atoms with Gasteiger partial charge in [-0.15, -0.1) is 0 Å². The molecule has 0 spiro atoms. The van der Waals surface area contributed by atoms with Crippen LogP contribution in [0.3, 0.4) is 0 Å². The Labute approximate surface area is 104 Å². The van der Waals surface area contributed by atoms with E-state index in [9.17, 15) is 8.78 Å². The zero-order chi connectivity index (χ0) is 13.6. The lowest BCUT2D eigenvalue weighted by Gasteiger charge is -2.25. The number of hydrogen-bond donors (Lipinski definition) is 1. The Kier molecular flexibility index (Phi) is 2.89. The minimum atomic E-state index is -2.98. The first kappa shape index (κ1) is 13.0. The third-order valence-corrected chi connectivity index (χ3v) is 2.60. The summed E-state index contributed by atoms with van der Waals surface area (Å²) < 4.78 is 33.3. The predicted molar refractivity (Wildman–Crippen MR) is 65.5 cm³/mol. The molecule has 0 fully saturated rings. The third kappa shape index (κ3) is 2.67. The second-order valence-corrected chi connectivity index (χ2v) is 5.29. The Bertz CT molecular complexity index is 570. The molecule has 0 atom stereocenters. The van der Waals surface area contributed by atoms with Gasteiger partial charge < -0.3 is 10.2 Å². The van der Waals surface area contributed by atoms with Crippen molar-refractivity contribution in [3.05, 3.63) is 29.7 Å². The summed E-state index contributed by atoms with van der Waals surface area (Å²) in [6, 6.07) is 4.25. The lowest BCUT2D eigenvalue weighted by molar-refractivity contribution is -0.0295. The summed E-state index contributed by atoms with van der Waals surface area (Å²) >= 11 is 0. The number of halogens is 2. The van der Waals surface area contributed by atoms with E-state index >= 15 is 0 Å². The van der Waals surface area contributed by atoms with E-state index in [0.717, 1.165) is 0 Å². The van der Waals surface area contributed by atoms with Crippen LogP contribution in [0.4, 0.5) is 8.78 Å². The van der Waals surface area contributed by atoms with Crippen LogP contribution >= 0.6 is 0 Å². The average molecular weight is 254 g/mol. The number of oxazole rings is 1. The quantitative estimate of drug-likeness (QED) is 0.913. The van der Waals surface area contributed by atoms with Crippen LogP contribution in [-0.2, 0) is 5.92 Å². The van der Waals surface area contributed by atoms with Crippen molar-refractivity contribution in [3.8, 4) is 0 Å². The number of aryl methyl sites for hydroxylation is 1. The molecule has 98 valence electrons. The monoisotopic (exact) mass is 254 g/mol. The summed E-state index contributed by atoms with van der Waals surface area (Å²) in [6.45, 7) is 4.84. The lowest BCUT2D eigenvalue weighted by atomic mass is 9.93. The molecule has 2 rings (SSSR count). The van der Waals surface area contributed by atoms with Crippen LogP contribution in [0.2, 0.25) is 0 Å². The normalized spacial score (nSPS) is 13.2. The second kappa shape index (κ2) is 4.02. The van der Waals surface area contributed by atoms with E-state index < -0.39 is 17.9 Å². The molecule has 1 aromatic heterocycles. The highest BCUT2D eigenvalue weighted by molar-refractivity contribution is 5.73. The van der Waals surface area contributed by atoms with Gasteiger partial charge in [-0.05, 0) is 26.0 Å². The Morgan fingerprint density at radius 1 is 1.33 bits per heavy atom. The van der Waals surface area contributed by atoms with Gasteiger partial charge >= 0.3 is 0 Å². The SMILES string of the molecule is Cc1nc2ccc(C(F)(F)CC(C)(C)N)cc2o1. The predicted octanol–water partition coefficient (Wildman–Crippen LogP) is 3.36. The summed E-state index contributed by atoms with van der Waals surface area (Å²) in [5, 5.41) is 0. The minimum Gasteiger partial charge on any atom is -0.441 e. The van der Waals surface area contributed by atoms with E-state index in [1.807, 2.05) is 0 Å². The molecular weight excluding hydrogens is 238 g/mol. The molecule has 0 aliphatic heterocycles. The number of hydrogen-bond acceptors (Lipinski definition) is 3. The van der Waals surface area contributed by atoms with Gasteiger partial charge in [0.1, 0.15) is 5.52 Å². The van der Waals surface area contributed by atoms with Gasteiger partial charge in [0.15, 0.2) is 11.5 Å². The highest BCUT2D eigenvalue weighted by Crippen LogP contribution is 2.36. The Morgan fingerprint density at radius 2 is 2.00 bits per heavy atom. The molecule has 5 heteroatoms. The fourth-order valence-corrected chi connectivity index (χ4v) is 1.94. The molecular formula is C13H16F2N2O. The molecule has 0 bridgehead atoms. The molecule has 0 aliphatic carbocycles. The molecule has 0 saturated heterocycles. The topological polar surface area (TPSA) is 52.0 Å². The Morgan fingerprint density at radius 3 is 2.61 bits per heavy atom. The standard InChI is InChI=1S/C13H16F2N2O/c1-8-17-10-5-4-9(6-11(10)18-8)13(14,15)7-12(2,3)16/h4-6H,7,16H2,1-3H3. The van der Waals surface area contributed by atoms with Crippen molar-refractivity contribution in [1.82, 2.24) is 4.98 Å². The molecule has 2 N–H and O–H groups in total. The van der Waals surface area contributed by atoms with Crippen molar-refractivity contribution in [3.63, 3.8) is 0 Å². The number of benzene rings is 1. The maximum absolute atomic E-state index is 14.0. The van der Waals surface area contributed by atoms with E-state index in [1.165, 1.54) is 12.1 Å². The van der Waals surface area contributed by atoms with Gasteiger partial charge in [-0.3, -0.25) is 0 Å². The fourth-order valence-electron chi connectivity index (χ4n) is 1.94. The smallest absolute Gasteiger partial charge is 0.275 e. The molecule has 1 heterocycles. The van der Waals surface area contributed by atoms with Gasteiger partial charge in [0.25, 0.3) is 5.92 Å². The molecule has 1 aromatic carbocycles. The highest BCUT2D eigenvalue weighted by Gasteiger charge is 2.37. The van der Waals surface area contributed by atoms with E-state index in [4.69, 9.17) is 10.2 Å². The van der Waals surface area contributed by atoms with Crippen LogP contribution in [0.1, 0.15) is 31.7 Å². The van der Waals surface area contributed by atoms with Crippen LogP contribution < -0.4 is 5.73 Å². The van der Waals surface area contributed by atoms with Gasteiger partial charge in [0.05, 0.1) is 0 Å². The first-order chi connectivity index (χ1) is 8.17. The van der Waals surface area contributed by atoms with Crippen molar-refractivity contribution < 1.29 is 13.2 Å². The maximum Gasteiger partial charge on any atom is 0.275 e. The first-order valence-electron chi connectivity index (χ1n) is 5.72. The van der Waals surface area contributed by atoms with Crippen LogP contribution in [0.15, 0.2) is 22.6 Å². The minimum absolute atomic E-state index is 0.0929. The zero-order valence-electron chi connectivity index (χ0n) is 10.6. The summed E-state index contributed by atoms with van der Waals surface area (Å²) in [4.78, 5) is 4.07. The van der Waals surface area contributed by atoms with Crippen molar-refractivity contribution in [2.75, 3.05) is 0 Å². The molecule has 18 heavy (non-hydrogen) atoms. The molecule has 0 unspecified atom stereocenters. The van der Waals surface area contributed by atoms with Gasteiger partial charge in [-0.25, -0.2) is 13.8 Å². The van der Waals surface area contributed by atoms with E-state index in [1.54, 1.807) is 26.8 Å². The molecule has 2 aromatic rings. The fraction of sp³-hybridized carbons (Fsp3) is 0.462. The summed E-state index contributed by atoms with van der Waals surface area (Å²) in [7, 11) is 0. The van der Waals surface area contributed by atoms with Gasteiger partial charge in [0.2, 0.25) is 0 Å². The first-order valence-corrected chi connectivity index (χ1v) is 5.72. The van der Waals surface area contributed by atoms with Crippen molar-refractivity contribution in [2.45, 2.75) is 38.7 Å². The van der Waals surface area contributed by atoms with Crippen molar-refractivity contribution >= 4 is 11.1 Å². The van der Waals surface area contributed by atoms with Crippen molar-refractivity contribution in [2.24, 2.45) is 5.73 Å². The van der Waals surface area contributed by atoms with E-state index in [-0.39, 0.29) is 5.56 Å². The molecule has 0 saturated carbocycles. The Hall–Kier alpha value is -1.49. The van der Waals surface area contributed by atoms with Crippen molar-refractivity contribution in [1.29, 1.82) is 0 Å². The van der Waals surface area contributed by atoms with Gasteiger partial charge in [-0.1, -0.05) is 6.07 Å². The number of alkyl halides is 2. The summed E-state index contributed by atoms with van der Waals surface area (Å²) in [5.41, 5.74) is 5.59. The molecule has 0 amide bonds. The molecule has 0 aliphatic rings. The number of fused-ring (bicyclic) bond motifs is 1. The van der Waals surface area contributed by atoms with Gasteiger partial charge in [-0.2, -0.15) is 0 Å². The number of rotatable bonds is 3. The lowest BCUT2D eigenvalue weighted by Crippen LogP contribution is -2.38. The third-order valence-electron chi connectivity index (χ3n) is 2.60. The number of aromatic nitrogens is 1. The average Bonchev–Trinajstić information content (AvgIpc) is 2.52. The summed E-state index contributed by atoms with van der Waals surface area (Å²) in [6.07, 6.45) is -0.418. The van der Waals surface area contributed by atoms with Crippen LogP contribution in [0.5, 0.6) is 0 Å². The van der Waals surface area contributed by atoms with Crippen LogP contribution in [0.25, 0.3) is 11.1 Å². The van der Waals surface area contributed by atoms with E-state index in [0.29, 0.717) is 17.0 Å². The van der Waals surface area contributed by atoms with E-state index in [2.05, 4.69) is 4.98 Å².